The predicted molar refractivity (Wildman–Crippen MR) is 117 cm³/mol. The van der Waals surface area contributed by atoms with Crippen molar-refractivity contribution in [3.8, 4) is 17.2 Å². The number of benzene rings is 2. The van der Waals surface area contributed by atoms with Gasteiger partial charge in [0.1, 0.15) is 5.75 Å². The molecule has 1 unspecified atom stereocenters. The minimum Gasteiger partial charge on any atom is -0.504 e. The normalized spacial score (nSPS) is 17.0. The molecule has 162 valence electrons. The van der Waals surface area contributed by atoms with Gasteiger partial charge in [0.15, 0.2) is 11.5 Å². The van der Waals surface area contributed by atoms with E-state index in [1.165, 1.54) is 0 Å². The highest BCUT2D eigenvalue weighted by Gasteiger charge is 2.22. The summed E-state index contributed by atoms with van der Waals surface area (Å²) in [6.45, 7) is 7.25. The van der Waals surface area contributed by atoms with Gasteiger partial charge < -0.3 is 19.9 Å². The number of rotatable bonds is 8. The van der Waals surface area contributed by atoms with E-state index in [1.807, 2.05) is 44.2 Å². The Morgan fingerprint density at radius 3 is 2.80 bits per heavy atom. The smallest absolute Gasteiger partial charge is 0.255 e. The van der Waals surface area contributed by atoms with Crippen LogP contribution in [0.1, 0.15) is 42.6 Å². The molecule has 1 aliphatic heterocycles. The summed E-state index contributed by atoms with van der Waals surface area (Å²) in [5.41, 5.74) is 1.69. The van der Waals surface area contributed by atoms with Crippen LogP contribution in [0, 0.1) is 5.92 Å². The molecule has 6 heteroatoms. The zero-order valence-corrected chi connectivity index (χ0v) is 18.1. The van der Waals surface area contributed by atoms with Crippen molar-refractivity contribution >= 4 is 5.91 Å². The van der Waals surface area contributed by atoms with E-state index in [4.69, 9.17) is 9.47 Å². The molecule has 1 amide bonds. The lowest BCUT2D eigenvalue weighted by atomic mass is 9.98. The molecule has 0 radical (unpaired) electrons. The van der Waals surface area contributed by atoms with Crippen LogP contribution in [0.15, 0.2) is 42.5 Å². The van der Waals surface area contributed by atoms with E-state index >= 15 is 0 Å². The van der Waals surface area contributed by atoms with E-state index in [0.29, 0.717) is 29.6 Å². The molecule has 6 nitrogen and oxygen atoms in total. The molecule has 30 heavy (non-hydrogen) atoms. The Hall–Kier alpha value is -2.73. The van der Waals surface area contributed by atoms with Crippen LogP contribution in [0.2, 0.25) is 0 Å². The Kier molecular flexibility index (Phi) is 7.57. The predicted octanol–water partition coefficient (Wildman–Crippen LogP) is 3.83. The van der Waals surface area contributed by atoms with Gasteiger partial charge in [-0.05, 0) is 63.1 Å². The number of nitrogens with one attached hydrogen (secondary N) is 1. The van der Waals surface area contributed by atoms with Crippen LogP contribution in [-0.4, -0.2) is 48.8 Å². The summed E-state index contributed by atoms with van der Waals surface area (Å²) in [6.07, 6.45) is 2.22. The first-order valence-electron chi connectivity index (χ1n) is 10.6. The molecule has 1 saturated heterocycles. The maximum absolute atomic E-state index is 12.4. The summed E-state index contributed by atoms with van der Waals surface area (Å²) in [7, 11) is 1.56. The number of aromatic hydroxyl groups is 1. The Bertz CT molecular complexity index is 853. The van der Waals surface area contributed by atoms with Crippen LogP contribution >= 0.6 is 0 Å². The fourth-order valence-electron chi connectivity index (χ4n) is 3.84. The first-order chi connectivity index (χ1) is 14.5. The molecular formula is C24H32N2O4. The number of ether oxygens (including phenoxy) is 2. The summed E-state index contributed by atoms with van der Waals surface area (Å²) in [5.74, 6) is 1.59. The standard InChI is InChI=1S/C24H32N2O4/c1-17(2)25-24(28)20-8-4-5-9-22(20)30-16-19-7-6-12-26(15-19)14-18-10-11-21(27)23(13-18)29-3/h4-5,8-11,13,17,19,27H,6-7,12,14-16H2,1-3H3,(H,25,28). The molecule has 2 aromatic rings. The van der Waals surface area contributed by atoms with E-state index in [-0.39, 0.29) is 17.7 Å². The second-order valence-corrected chi connectivity index (χ2v) is 8.18. The average molecular weight is 413 g/mol. The Morgan fingerprint density at radius 1 is 1.23 bits per heavy atom. The van der Waals surface area contributed by atoms with Crippen molar-refractivity contribution in [3.63, 3.8) is 0 Å². The first-order valence-corrected chi connectivity index (χ1v) is 10.6. The van der Waals surface area contributed by atoms with Crippen LogP contribution in [-0.2, 0) is 6.54 Å². The van der Waals surface area contributed by atoms with Gasteiger partial charge >= 0.3 is 0 Å². The van der Waals surface area contributed by atoms with Gasteiger partial charge in [0.05, 0.1) is 19.3 Å². The van der Waals surface area contributed by atoms with Crippen LogP contribution in [0.3, 0.4) is 0 Å². The number of piperidine rings is 1. The number of phenolic OH excluding ortho intramolecular Hbond substituents is 1. The van der Waals surface area contributed by atoms with Crippen molar-refractivity contribution in [2.24, 2.45) is 5.92 Å². The molecule has 2 N–H and O–H groups in total. The zero-order chi connectivity index (χ0) is 21.5. The maximum Gasteiger partial charge on any atom is 0.255 e. The third-order valence-corrected chi connectivity index (χ3v) is 5.28. The SMILES string of the molecule is COc1cc(CN2CCCC(COc3ccccc3C(=O)NC(C)C)C2)ccc1O. The highest BCUT2D eigenvalue weighted by atomic mass is 16.5. The van der Waals surface area contributed by atoms with Crippen molar-refractivity contribution in [1.29, 1.82) is 0 Å². The van der Waals surface area contributed by atoms with E-state index in [0.717, 1.165) is 38.0 Å². The second-order valence-electron chi connectivity index (χ2n) is 8.18. The van der Waals surface area contributed by atoms with Gasteiger partial charge in [0.2, 0.25) is 0 Å². The molecule has 1 aliphatic rings. The van der Waals surface area contributed by atoms with Gasteiger partial charge in [0.25, 0.3) is 5.91 Å². The van der Waals surface area contributed by atoms with Crippen LogP contribution in [0.5, 0.6) is 17.2 Å². The van der Waals surface area contributed by atoms with Crippen molar-refractivity contribution in [2.45, 2.75) is 39.3 Å². The van der Waals surface area contributed by atoms with Gasteiger partial charge in [-0.3, -0.25) is 9.69 Å². The zero-order valence-electron chi connectivity index (χ0n) is 18.1. The van der Waals surface area contributed by atoms with Gasteiger partial charge in [-0.25, -0.2) is 0 Å². The van der Waals surface area contributed by atoms with E-state index < -0.39 is 0 Å². The van der Waals surface area contributed by atoms with Gasteiger partial charge in [0, 0.05) is 25.0 Å². The largest absolute Gasteiger partial charge is 0.504 e. The fraction of sp³-hybridized carbons (Fsp3) is 0.458. The van der Waals surface area contributed by atoms with Gasteiger partial charge in [-0.15, -0.1) is 0 Å². The maximum atomic E-state index is 12.4. The Morgan fingerprint density at radius 2 is 2.03 bits per heavy atom. The topological polar surface area (TPSA) is 71.0 Å². The van der Waals surface area contributed by atoms with Crippen LogP contribution < -0.4 is 14.8 Å². The first kappa shape index (κ1) is 22.0. The lowest BCUT2D eigenvalue weighted by molar-refractivity contribution is 0.0932. The fourth-order valence-corrected chi connectivity index (χ4v) is 3.84. The summed E-state index contributed by atoms with van der Waals surface area (Å²) in [6, 6.07) is 13.0. The van der Waals surface area contributed by atoms with Gasteiger partial charge in [-0.1, -0.05) is 18.2 Å². The molecule has 0 aliphatic carbocycles. The minimum absolute atomic E-state index is 0.0796. The number of para-hydroxylation sites is 1. The Balaban J connectivity index is 1.58. The number of methoxy groups -OCH3 is 1. The monoisotopic (exact) mass is 412 g/mol. The summed E-state index contributed by atoms with van der Waals surface area (Å²) in [5, 5.41) is 12.7. The Labute approximate surface area is 178 Å². The molecule has 2 aromatic carbocycles. The number of amides is 1. The van der Waals surface area contributed by atoms with Crippen molar-refractivity contribution in [1.82, 2.24) is 10.2 Å². The molecule has 1 fully saturated rings. The third-order valence-electron chi connectivity index (χ3n) is 5.28. The third kappa shape index (κ3) is 5.89. The number of carbonyl (C=O) groups is 1. The number of nitrogens with zero attached hydrogens (tertiary/aromatic N) is 1. The molecule has 1 atom stereocenters. The van der Waals surface area contributed by atoms with Crippen molar-refractivity contribution in [3.05, 3.63) is 53.6 Å². The van der Waals surface area contributed by atoms with E-state index in [2.05, 4.69) is 10.2 Å². The number of carbonyl (C=O) groups excluding carboxylic acids is 1. The van der Waals surface area contributed by atoms with Crippen LogP contribution in [0.25, 0.3) is 0 Å². The molecule has 0 bridgehead atoms. The van der Waals surface area contributed by atoms with Crippen LogP contribution in [0.4, 0.5) is 0 Å². The number of likely N-dealkylation sites (tertiary alicyclic amines) is 1. The number of hydrogen-bond acceptors (Lipinski definition) is 5. The van der Waals surface area contributed by atoms with E-state index in [1.54, 1.807) is 19.2 Å². The summed E-state index contributed by atoms with van der Waals surface area (Å²) >= 11 is 0. The highest BCUT2D eigenvalue weighted by molar-refractivity contribution is 5.97. The summed E-state index contributed by atoms with van der Waals surface area (Å²) in [4.78, 5) is 14.8. The minimum atomic E-state index is -0.104. The molecule has 1 heterocycles. The highest BCUT2D eigenvalue weighted by Crippen LogP contribution is 2.28. The molecule has 0 aromatic heterocycles. The number of phenols is 1. The van der Waals surface area contributed by atoms with Crippen molar-refractivity contribution < 1.29 is 19.4 Å². The lowest BCUT2D eigenvalue weighted by Crippen LogP contribution is -2.37. The lowest BCUT2D eigenvalue weighted by Gasteiger charge is -2.32. The van der Waals surface area contributed by atoms with E-state index in [9.17, 15) is 9.90 Å². The summed E-state index contributed by atoms with van der Waals surface area (Å²) < 4.78 is 11.3. The molecule has 0 spiro atoms. The quantitative estimate of drug-likeness (QED) is 0.690. The molecule has 0 saturated carbocycles. The van der Waals surface area contributed by atoms with Gasteiger partial charge in [-0.2, -0.15) is 0 Å². The van der Waals surface area contributed by atoms with Crippen molar-refractivity contribution in [2.75, 3.05) is 26.8 Å². The number of hydrogen-bond donors (Lipinski definition) is 2. The second kappa shape index (κ2) is 10.3. The molecular weight excluding hydrogens is 380 g/mol. The molecule has 3 rings (SSSR count). The average Bonchev–Trinajstić information content (AvgIpc) is 2.73.